The van der Waals surface area contributed by atoms with Crippen LogP contribution in [0.3, 0.4) is 0 Å². The smallest absolute Gasteiger partial charge is 0.333 e. The third-order valence-corrected chi connectivity index (χ3v) is 5.48. The third kappa shape index (κ3) is 4.33. The van der Waals surface area contributed by atoms with Gasteiger partial charge in [-0.3, -0.25) is 5.21 Å². The number of carbonyl (C=O) groups excluding carboxylic acids is 1. The number of hydrogen-bond acceptors (Lipinski definition) is 4. The Morgan fingerprint density at radius 2 is 2.04 bits per heavy atom. The number of anilines is 1. The maximum Gasteiger partial charge on any atom is 0.347 e. The Kier molecular flexibility index (Phi) is 6.01. The Morgan fingerprint density at radius 3 is 2.58 bits per heavy atom. The van der Waals surface area contributed by atoms with Crippen molar-refractivity contribution in [2.75, 3.05) is 11.9 Å². The van der Waals surface area contributed by atoms with Crippen molar-refractivity contribution in [3.63, 3.8) is 0 Å². The number of amides is 2. The van der Waals surface area contributed by atoms with Gasteiger partial charge in [-0.25, -0.2) is 4.79 Å². The van der Waals surface area contributed by atoms with E-state index in [2.05, 4.69) is 19.2 Å². The van der Waals surface area contributed by atoms with E-state index < -0.39 is 16.9 Å². The van der Waals surface area contributed by atoms with Crippen LogP contribution in [0.25, 0.3) is 0 Å². The fourth-order valence-corrected chi connectivity index (χ4v) is 4.65. The van der Waals surface area contributed by atoms with Gasteiger partial charge in [0.1, 0.15) is 10.5 Å². The first-order valence-corrected chi connectivity index (χ1v) is 9.26. The molecule has 1 aromatic rings. The minimum atomic E-state index is -0.602. The summed E-state index contributed by atoms with van der Waals surface area (Å²) in [6.07, 6.45) is -0.537. The van der Waals surface area contributed by atoms with Crippen LogP contribution in [0, 0.1) is 5.92 Å². The standard InChI is InChI=1S/C16H22ClN3O2S2/c1-10(2)9-19-13(16(3,4)24-15(19)23)20(22)14(21)18-12-7-5-11(17)6-8-12/h5-8,10,13,22H,9H2,1-4H3,(H,18,21)/t13-/m0/s1. The quantitative estimate of drug-likeness (QED) is 0.447. The first-order valence-electron chi connectivity index (χ1n) is 7.66. The molecular weight excluding hydrogens is 366 g/mol. The number of thioether (sulfide) groups is 1. The van der Waals surface area contributed by atoms with Crippen LogP contribution in [0.2, 0.25) is 5.02 Å². The Hall–Kier alpha value is -1.02. The van der Waals surface area contributed by atoms with Crippen molar-refractivity contribution >= 4 is 51.6 Å². The molecule has 1 heterocycles. The molecule has 0 bridgehead atoms. The van der Waals surface area contributed by atoms with Crippen LogP contribution in [-0.2, 0) is 0 Å². The van der Waals surface area contributed by atoms with Crippen molar-refractivity contribution in [2.24, 2.45) is 5.92 Å². The Balaban J connectivity index is 2.17. The van der Waals surface area contributed by atoms with E-state index in [4.69, 9.17) is 23.8 Å². The molecule has 1 aromatic carbocycles. The minimum Gasteiger partial charge on any atom is -0.333 e. The lowest BCUT2D eigenvalue weighted by atomic mass is 10.1. The summed E-state index contributed by atoms with van der Waals surface area (Å²) < 4.78 is 0.273. The molecule has 2 amide bonds. The molecule has 0 spiro atoms. The zero-order valence-electron chi connectivity index (χ0n) is 14.1. The highest BCUT2D eigenvalue weighted by Gasteiger charge is 2.49. The van der Waals surface area contributed by atoms with E-state index >= 15 is 0 Å². The van der Waals surface area contributed by atoms with E-state index in [1.54, 1.807) is 24.3 Å². The summed E-state index contributed by atoms with van der Waals surface area (Å²) >= 11 is 12.8. The van der Waals surface area contributed by atoms with Gasteiger partial charge in [0.15, 0.2) is 0 Å². The van der Waals surface area contributed by atoms with Crippen LogP contribution in [0.15, 0.2) is 24.3 Å². The highest BCUT2D eigenvalue weighted by Crippen LogP contribution is 2.42. The van der Waals surface area contributed by atoms with Crippen molar-refractivity contribution in [2.45, 2.75) is 38.6 Å². The maximum absolute atomic E-state index is 12.5. The lowest BCUT2D eigenvalue weighted by Gasteiger charge is -2.37. The molecule has 0 unspecified atom stereocenters. The molecule has 1 aliphatic rings. The van der Waals surface area contributed by atoms with Crippen LogP contribution in [0.5, 0.6) is 0 Å². The normalized spacial score (nSPS) is 19.7. The van der Waals surface area contributed by atoms with Gasteiger partial charge in [-0.05, 0) is 44.0 Å². The number of nitrogens with zero attached hydrogens (tertiary/aromatic N) is 2. The zero-order chi connectivity index (χ0) is 18.1. The lowest BCUT2D eigenvalue weighted by Crippen LogP contribution is -2.56. The van der Waals surface area contributed by atoms with Crippen LogP contribution in [-0.4, -0.2) is 43.0 Å². The highest BCUT2D eigenvalue weighted by atomic mass is 35.5. The number of nitrogens with one attached hydrogen (secondary N) is 1. The fraction of sp³-hybridized carbons (Fsp3) is 0.500. The van der Waals surface area contributed by atoms with Gasteiger partial charge in [0.25, 0.3) is 0 Å². The van der Waals surface area contributed by atoms with Crippen molar-refractivity contribution in [1.82, 2.24) is 9.96 Å². The number of hydroxylamine groups is 2. The largest absolute Gasteiger partial charge is 0.347 e. The van der Waals surface area contributed by atoms with E-state index in [1.807, 2.05) is 18.7 Å². The van der Waals surface area contributed by atoms with Gasteiger partial charge in [0.2, 0.25) is 0 Å². The predicted octanol–water partition coefficient (Wildman–Crippen LogP) is 4.66. The van der Waals surface area contributed by atoms with E-state index in [0.717, 1.165) is 5.06 Å². The van der Waals surface area contributed by atoms with Crippen LogP contribution in [0.4, 0.5) is 10.5 Å². The maximum atomic E-state index is 12.5. The van der Waals surface area contributed by atoms with Gasteiger partial charge < -0.3 is 10.2 Å². The van der Waals surface area contributed by atoms with Crippen LogP contribution < -0.4 is 5.32 Å². The molecule has 132 valence electrons. The van der Waals surface area contributed by atoms with Crippen molar-refractivity contribution < 1.29 is 10.0 Å². The second-order valence-corrected chi connectivity index (χ2v) is 9.40. The molecule has 1 saturated heterocycles. The summed E-state index contributed by atoms with van der Waals surface area (Å²) in [5, 5.41) is 14.5. The van der Waals surface area contributed by atoms with Crippen LogP contribution in [0.1, 0.15) is 27.7 Å². The number of halogens is 1. The third-order valence-electron chi connectivity index (χ3n) is 3.60. The molecule has 0 aliphatic carbocycles. The molecule has 24 heavy (non-hydrogen) atoms. The summed E-state index contributed by atoms with van der Waals surface area (Å²) in [5.74, 6) is 0.354. The first-order chi connectivity index (χ1) is 11.1. The van der Waals surface area contributed by atoms with E-state index in [9.17, 15) is 10.0 Å². The molecule has 1 atom stereocenters. The SMILES string of the molecule is CC(C)CN1C(=S)SC(C)(C)[C@@H]1N(O)C(=O)Nc1ccc(Cl)cc1. The molecule has 0 saturated carbocycles. The summed E-state index contributed by atoms with van der Waals surface area (Å²) in [7, 11) is 0. The van der Waals surface area contributed by atoms with Gasteiger partial charge in [-0.15, -0.1) is 0 Å². The Bertz CT molecular complexity index is 622. The van der Waals surface area contributed by atoms with Gasteiger partial charge >= 0.3 is 6.03 Å². The second-order valence-electron chi connectivity index (χ2n) is 6.67. The van der Waals surface area contributed by atoms with Gasteiger partial charge in [0.05, 0.1) is 4.75 Å². The van der Waals surface area contributed by atoms with Crippen molar-refractivity contribution in [3.05, 3.63) is 29.3 Å². The Labute approximate surface area is 157 Å². The van der Waals surface area contributed by atoms with Crippen LogP contribution >= 0.6 is 35.6 Å². The summed E-state index contributed by atoms with van der Waals surface area (Å²) in [6, 6.07) is 6.11. The minimum absolute atomic E-state index is 0.354. The molecule has 0 aromatic heterocycles. The molecular formula is C16H22ClN3O2S2. The number of carbonyl (C=O) groups is 1. The van der Waals surface area contributed by atoms with E-state index in [0.29, 0.717) is 27.5 Å². The molecule has 1 aliphatic heterocycles. The molecule has 8 heteroatoms. The van der Waals surface area contributed by atoms with Gasteiger partial charge in [-0.2, -0.15) is 5.06 Å². The number of benzene rings is 1. The van der Waals surface area contributed by atoms with Gasteiger partial charge in [-0.1, -0.05) is 49.4 Å². The molecule has 2 rings (SSSR count). The lowest BCUT2D eigenvalue weighted by molar-refractivity contribution is -0.115. The number of thiocarbonyl (C=S) groups is 1. The molecule has 2 N–H and O–H groups in total. The van der Waals surface area contributed by atoms with Crippen molar-refractivity contribution in [3.8, 4) is 0 Å². The summed E-state index contributed by atoms with van der Waals surface area (Å²) in [6.45, 7) is 8.75. The van der Waals surface area contributed by atoms with Gasteiger partial charge in [0, 0.05) is 17.3 Å². The predicted molar refractivity (Wildman–Crippen MR) is 104 cm³/mol. The molecule has 0 radical (unpaired) electrons. The fourth-order valence-electron chi connectivity index (χ4n) is 2.63. The second kappa shape index (κ2) is 7.47. The average Bonchev–Trinajstić information content (AvgIpc) is 2.69. The monoisotopic (exact) mass is 387 g/mol. The summed E-state index contributed by atoms with van der Waals surface area (Å²) in [4.78, 5) is 14.4. The van der Waals surface area contributed by atoms with Crippen molar-refractivity contribution in [1.29, 1.82) is 0 Å². The Morgan fingerprint density at radius 1 is 1.46 bits per heavy atom. The molecule has 5 nitrogen and oxygen atoms in total. The molecule has 1 fully saturated rings. The zero-order valence-corrected chi connectivity index (χ0v) is 16.5. The number of urea groups is 1. The topological polar surface area (TPSA) is 55.8 Å². The number of hydrogen-bond donors (Lipinski definition) is 2. The summed E-state index contributed by atoms with van der Waals surface area (Å²) in [5.41, 5.74) is 0.560. The average molecular weight is 388 g/mol. The van der Waals surface area contributed by atoms with E-state index in [1.165, 1.54) is 11.8 Å². The highest BCUT2D eigenvalue weighted by molar-refractivity contribution is 8.24. The first kappa shape index (κ1) is 19.3. The number of rotatable bonds is 4. The van der Waals surface area contributed by atoms with E-state index in [-0.39, 0.29) is 0 Å².